The molecule has 0 atom stereocenters. The molecule has 0 saturated carbocycles. The van der Waals surface area contributed by atoms with E-state index in [0.29, 0.717) is 16.7 Å². The van der Waals surface area contributed by atoms with Gasteiger partial charge in [-0.1, -0.05) is 32.5 Å². The average molecular weight is 330 g/mol. The highest BCUT2D eigenvalue weighted by molar-refractivity contribution is 7.99. The molecule has 0 saturated heterocycles. The van der Waals surface area contributed by atoms with E-state index in [9.17, 15) is 4.79 Å². The largest absolute Gasteiger partial charge is 0.353 e. The predicted molar refractivity (Wildman–Crippen MR) is 86.4 cm³/mol. The molecule has 8 heteroatoms. The van der Waals surface area contributed by atoms with Crippen molar-refractivity contribution in [2.75, 3.05) is 34.1 Å². The SMILES string of the molecule is COC(C)(CSc1nc(C(C)(C)C)nn1C(=O)N(C)C)OC. The van der Waals surface area contributed by atoms with Gasteiger partial charge in [0.1, 0.15) is 0 Å². The Morgan fingerprint density at radius 1 is 1.23 bits per heavy atom. The monoisotopic (exact) mass is 330 g/mol. The number of carbonyl (C=O) groups is 1. The maximum atomic E-state index is 12.3. The summed E-state index contributed by atoms with van der Waals surface area (Å²) < 4.78 is 12.0. The van der Waals surface area contributed by atoms with Crippen LogP contribution in [0.25, 0.3) is 0 Å². The summed E-state index contributed by atoms with van der Waals surface area (Å²) in [5.74, 6) is 0.370. The molecule has 0 N–H and O–H groups in total. The van der Waals surface area contributed by atoms with Gasteiger partial charge in [0.15, 0.2) is 16.8 Å². The molecule has 0 bridgehead atoms. The van der Waals surface area contributed by atoms with E-state index in [0.717, 1.165) is 0 Å². The minimum Gasteiger partial charge on any atom is -0.353 e. The fraction of sp³-hybridized carbons (Fsp3) is 0.786. The first-order chi connectivity index (χ1) is 10.0. The molecule has 0 aromatic carbocycles. The Kier molecular flexibility index (Phi) is 6.00. The summed E-state index contributed by atoms with van der Waals surface area (Å²) in [6.07, 6.45) is 0. The van der Waals surface area contributed by atoms with Gasteiger partial charge in [0.2, 0.25) is 0 Å². The predicted octanol–water partition coefficient (Wildman–Crippen LogP) is 2.21. The lowest BCUT2D eigenvalue weighted by Crippen LogP contribution is -2.33. The van der Waals surface area contributed by atoms with Crippen molar-refractivity contribution in [1.29, 1.82) is 0 Å². The Morgan fingerprint density at radius 3 is 2.18 bits per heavy atom. The second-order valence-corrected chi connectivity index (χ2v) is 7.33. The number of methoxy groups -OCH3 is 2. The molecule has 22 heavy (non-hydrogen) atoms. The Balaban J connectivity index is 3.11. The highest BCUT2D eigenvalue weighted by atomic mass is 32.2. The first-order valence-corrected chi connectivity index (χ1v) is 7.95. The molecule has 1 heterocycles. The van der Waals surface area contributed by atoms with E-state index in [-0.39, 0.29) is 11.4 Å². The van der Waals surface area contributed by atoms with Gasteiger partial charge in [0, 0.05) is 33.7 Å². The number of rotatable bonds is 5. The van der Waals surface area contributed by atoms with Crippen LogP contribution in [0.15, 0.2) is 5.16 Å². The van der Waals surface area contributed by atoms with Crippen molar-refractivity contribution in [2.24, 2.45) is 0 Å². The molecule has 0 spiro atoms. The van der Waals surface area contributed by atoms with Gasteiger partial charge in [-0.25, -0.2) is 9.78 Å². The lowest BCUT2D eigenvalue weighted by atomic mass is 9.96. The van der Waals surface area contributed by atoms with Crippen molar-refractivity contribution in [2.45, 2.75) is 44.1 Å². The molecule has 0 aliphatic rings. The summed E-state index contributed by atoms with van der Waals surface area (Å²) in [5.41, 5.74) is -0.237. The van der Waals surface area contributed by atoms with E-state index >= 15 is 0 Å². The third kappa shape index (κ3) is 4.44. The molecule has 0 fully saturated rings. The van der Waals surface area contributed by atoms with E-state index < -0.39 is 5.79 Å². The first kappa shape index (κ1) is 18.9. The van der Waals surface area contributed by atoms with Crippen LogP contribution >= 0.6 is 11.8 Å². The molecule has 126 valence electrons. The van der Waals surface area contributed by atoms with Crippen molar-refractivity contribution < 1.29 is 14.3 Å². The normalized spacial score (nSPS) is 12.5. The molecule has 1 aromatic heterocycles. The minimum absolute atomic E-state index is 0.234. The van der Waals surface area contributed by atoms with Crippen LogP contribution in [0.3, 0.4) is 0 Å². The van der Waals surface area contributed by atoms with Crippen molar-refractivity contribution in [3.05, 3.63) is 5.82 Å². The quantitative estimate of drug-likeness (QED) is 0.609. The third-order valence-corrected chi connectivity index (χ3v) is 4.33. The molecule has 0 aliphatic carbocycles. The summed E-state index contributed by atoms with van der Waals surface area (Å²) in [6, 6.07) is -0.234. The first-order valence-electron chi connectivity index (χ1n) is 6.96. The van der Waals surface area contributed by atoms with Crippen molar-refractivity contribution in [3.63, 3.8) is 0 Å². The third-order valence-electron chi connectivity index (χ3n) is 3.14. The number of nitrogens with zero attached hydrogens (tertiary/aromatic N) is 4. The highest BCUT2D eigenvalue weighted by Gasteiger charge is 2.28. The molecule has 1 aromatic rings. The number of hydrogen-bond acceptors (Lipinski definition) is 6. The van der Waals surface area contributed by atoms with Gasteiger partial charge in [-0.2, -0.15) is 4.68 Å². The molecule has 7 nitrogen and oxygen atoms in total. The highest BCUT2D eigenvalue weighted by Crippen LogP contribution is 2.27. The summed E-state index contributed by atoms with van der Waals surface area (Å²) >= 11 is 1.38. The van der Waals surface area contributed by atoms with Gasteiger partial charge in [-0.15, -0.1) is 5.10 Å². The van der Waals surface area contributed by atoms with E-state index in [1.807, 2.05) is 27.7 Å². The Morgan fingerprint density at radius 2 is 1.77 bits per heavy atom. The van der Waals surface area contributed by atoms with Gasteiger partial charge >= 0.3 is 6.03 Å². The van der Waals surface area contributed by atoms with Crippen molar-refractivity contribution in [1.82, 2.24) is 19.7 Å². The maximum absolute atomic E-state index is 12.3. The second kappa shape index (κ2) is 6.97. The summed E-state index contributed by atoms with van der Waals surface area (Å²) in [4.78, 5) is 18.3. The van der Waals surface area contributed by atoms with Crippen LogP contribution in [0, 0.1) is 0 Å². The van der Waals surface area contributed by atoms with Crippen LogP contribution in [0.2, 0.25) is 0 Å². The van der Waals surface area contributed by atoms with Gasteiger partial charge in [0.25, 0.3) is 0 Å². The van der Waals surface area contributed by atoms with Crippen LogP contribution in [0.4, 0.5) is 4.79 Å². The number of ether oxygens (including phenoxy) is 2. The smallest absolute Gasteiger partial charge is 0.346 e. The van der Waals surface area contributed by atoms with E-state index in [2.05, 4.69) is 10.1 Å². The van der Waals surface area contributed by atoms with Crippen LogP contribution in [0.5, 0.6) is 0 Å². The lowest BCUT2D eigenvalue weighted by molar-refractivity contribution is -0.175. The number of thioether (sulfide) groups is 1. The number of carbonyl (C=O) groups excluding carboxylic acids is 1. The summed E-state index contributed by atoms with van der Waals surface area (Å²) in [7, 11) is 6.54. The topological polar surface area (TPSA) is 69.5 Å². The zero-order valence-corrected chi connectivity index (χ0v) is 15.4. The van der Waals surface area contributed by atoms with Gasteiger partial charge in [0.05, 0.1) is 5.75 Å². The summed E-state index contributed by atoms with van der Waals surface area (Å²) in [6.45, 7) is 7.86. The van der Waals surface area contributed by atoms with Crippen LogP contribution in [-0.4, -0.2) is 65.6 Å². The molecule has 0 aliphatic heterocycles. The fourth-order valence-electron chi connectivity index (χ4n) is 1.42. The Hall–Kier alpha value is -1.12. The van der Waals surface area contributed by atoms with Gasteiger partial charge in [-0.3, -0.25) is 0 Å². The van der Waals surface area contributed by atoms with E-state index in [4.69, 9.17) is 9.47 Å². The average Bonchev–Trinajstić information content (AvgIpc) is 2.88. The molecular formula is C14H26N4O3S. The van der Waals surface area contributed by atoms with Crippen LogP contribution in [0.1, 0.15) is 33.5 Å². The Bertz CT molecular complexity index is 519. The fourth-order valence-corrected chi connectivity index (χ4v) is 2.44. The van der Waals surface area contributed by atoms with Crippen molar-refractivity contribution in [3.8, 4) is 0 Å². The van der Waals surface area contributed by atoms with Crippen LogP contribution < -0.4 is 0 Å². The second-order valence-electron chi connectivity index (χ2n) is 6.39. The maximum Gasteiger partial charge on any atom is 0.346 e. The molecule has 0 unspecified atom stereocenters. The molecule has 1 rings (SSSR count). The van der Waals surface area contributed by atoms with Crippen LogP contribution in [-0.2, 0) is 14.9 Å². The zero-order chi connectivity index (χ0) is 17.1. The minimum atomic E-state index is -0.746. The molecule has 1 amide bonds. The van der Waals surface area contributed by atoms with E-state index in [1.165, 1.54) is 21.3 Å². The number of amides is 1. The number of hydrogen-bond donors (Lipinski definition) is 0. The molecule has 0 radical (unpaired) electrons. The zero-order valence-electron chi connectivity index (χ0n) is 14.6. The Labute approximate surface area is 136 Å². The van der Waals surface area contributed by atoms with Gasteiger partial charge in [-0.05, 0) is 6.92 Å². The van der Waals surface area contributed by atoms with Crippen molar-refractivity contribution >= 4 is 17.8 Å². The standard InChI is InChI=1S/C14H26N4O3S/c1-13(2,3)10-15-11(18(16-10)12(19)17(5)6)22-9-14(4,20-7)21-8/h9H2,1-8H3. The summed E-state index contributed by atoms with van der Waals surface area (Å²) in [5, 5.41) is 4.90. The van der Waals surface area contributed by atoms with E-state index in [1.54, 1.807) is 28.3 Å². The lowest BCUT2D eigenvalue weighted by Gasteiger charge is -2.25. The van der Waals surface area contributed by atoms with Gasteiger partial charge < -0.3 is 14.4 Å². The number of aromatic nitrogens is 3. The molecular weight excluding hydrogens is 304 g/mol.